The van der Waals surface area contributed by atoms with Gasteiger partial charge in [0.05, 0.1) is 23.1 Å². The highest BCUT2D eigenvalue weighted by Gasteiger charge is 2.36. The first-order valence-electron chi connectivity index (χ1n) is 8.52. The molecule has 0 unspecified atom stereocenters. The lowest BCUT2D eigenvalue weighted by molar-refractivity contribution is -0.145. The molecule has 2 amide bonds. The summed E-state index contributed by atoms with van der Waals surface area (Å²) in [7, 11) is 0. The van der Waals surface area contributed by atoms with Crippen molar-refractivity contribution in [3.8, 4) is 11.5 Å². The third-order valence-corrected chi connectivity index (χ3v) is 4.63. The summed E-state index contributed by atoms with van der Waals surface area (Å²) in [6.07, 6.45) is 3.10. The number of hydrogen-bond donors (Lipinski definition) is 0. The fraction of sp³-hybridized carbons (Fsp3) is 0.316. The molecule has 2 rings (SSSR count). The number of ether oxygens (including phenoxy) is 3. The normalized spacial score (nSPS) is 15.1. The Morgan fingerprint density at radius 2 is 2.00 bits per heavy atom. The molecule has 1 aliphatic heterocycles. The topological polar surface area (TPSA) is 82.1 Å². The molecule has 0 bridgehead atoms. The molecule has 0 aromatic heterocycles. The van der Waals surface area contributed by atoms with Crippen LogP contribution in [0.2, 0.25) is 5.02 Å². The number of nitrogens with zero attached hydrogens (tertiary/aromatic N) is 1. The largest absolute Gasteiger partial charge is 0.490 e. The van der Waals surface area contributed by atoms with E-state index in [1.54, 1.807) is 25.1 Å². The first-order valence-corrected chi connectivity index (χ1v) is 9.71. The Morgan fingerprint density at radius 1 is 1.25 bits per heavy atom. The molecule has 1 fully saturated rings. The van der Waals surface area contributed by atoms with Crippen LogP contribution in [0.1, 0.15) is 19.4 Å². The maximum absolute atomic E-state index is 12.5. The summed E-state index contributed by atoms with van der Waals surface area (Å²) in [4.78, 5) is 37.2. The lowest BCUT2D eigenvalue weighted by Crippen LogP contribution is -2.34. The second kappa shape index (κ2) is 10.2. The van der Waals surface area contributed by atoms with Crippen molar-refractivity contribution < 1.29 is 28.6 Å². The number of amides is 2. The summed E-state index contributed by atoms with van der Waals surface area (Å²) < 4.78 is 15.9. The van der Waals surface area contributed by atoms with Gasteiger partial charge in [-0.05, 0) is 49.4 Å². The molecule has 1 aliphatic rings. The molecule has 0 saturated carbocycles. The van der Waals surface area contributed by atoms with Gasteiger partial charge >= 0.3 is 5.97 Å². The molecule has 0 atom stereocenters. The highest BCUT2D eigenvalue weighted by atomic mass is 35.5. The van der Waals surface area contributed by atoms with E-state index in [-0.39, 0.29) is 18.1 Å². The molecule has 1 heterocycles. The zero-order chi connectivity index (χ0) is 20.7. The Hall–Kier alpha value is -2.45. The van der Waals surface area contributed by atoms with Crippen LogP contribution < -0.4 is 9.47 Å². The molecule has 1 aromatic carbocycles. The predicted molar refractivity (Wildman–Crippen MR) is 108 cm³/mol. The van der Waals surface area contributed by atoms with Crippen LogP contribution in [0.5, 0.6) is 11.5 Å². The molecule has 28 heavy (non-hydrogen) atoms. The second-order valence-electron chi connectivity index (χ2n) is 5.44. The number of hydrogen-bond acceptors (Lipinski definition) is 7. The molecule has 7 nitrogen and oxygen atoms in total. The van der Waals surface area contributed by atoms with Crippen molar-refractivity contribution in [3.05, 3.63) is 40.3 Å². The molecule has 150 valence electrons. The van der Waals surface area contributed by atoms with Gasteiger partial charge in [0.15, 0.2) is 11.5 Å². The maximum atomic E-state index is 12.5. The first-order chi connectivity index (χ1) is 13.4. The zero-order valence-electron chi connectivity index (χ0n) is 15.5. The van der Waals surface area contributed by atoms with Crippen LogP contribution in [-0.2, 0) is 14.3 Å². The van der Waals surface area contributed by atoms with E-state index >= 15 is 0 Å². The van der Waals surface area contributed by atoms with Gasteiger partial charge in [-0.2, -0.15) is 0 Å². The van der Waals surface area contributed by atoms with Gasteiger partial charge in [-0.15, -0.1) is 0 Å². The highest BCUT2D eigenvalue weighted by Crippen LogP contribution is 2.39. The van der Waals surface area contributed by atoms with E-state index < -0.39 is 23.7 Å². The minimum Gasteiger partial charge on any atom is -0.490 e. The van der Waals surface area contributed by atoms with Gasteiger partial charge in [0.2, 0.25) is 0 Å². The smallest absolute Gasteiger partial charge is 0.326 e. The molecule has 1 aromatic rings. The lowest BCUT2D eigenvalue weighted by Gasteiger charge is -2.13. The summed E-state index contributed by atoms with van der Waals surface area (Å²) in [5.41, 5.74) is 0.557. The fourth-order valence-corrected chi connectivity index (χ4v) is 3.45. The van der Waals surface area contributed by atoms with Gasteiger partial charge in [0.1, 0.15) is 13.2 Å². The average molecular weight is 426 g/mol. The summed E-state index contributed by atoms with van der Waals surface area (Å²) >= 11 is 7.03. The van der Waals surface area contributed by atoms with E-state index in [1.807, 2.05) is 6.92 Å². The Labute approximate surface area is 172 Å². The van der Waals surface area contributed by atoms with Crippen molar-refractivity contribution in [2.24, 2.45) is 0 Å². The van der Waals surface area contributed by atoms with E-state index in [1.165, 1.54) is 6.08 Å². The van der Waals surface area contributed by atoms with E-state index in [2.05, 4.69) is 6.58 Å². The molecule has 9 heteroatoms. The highest BCUT2D eigenvalue weighted by molar-refractivity contribution is 8.18. The summed E-state index contributed by atoms with van der Waals surface area (Å²) in [6, 6.07) is 3.26. The van der Waals surface area contributed by atoms with Crippen LogP contribution in [0.15, 0.2) is 29.7 Å². The van der Waals surface area contributed by atoms with Crippen LogP contribution in [0.3, 0.4) is 0 Å². The number of carbonyl (C=O) groups is 3. The van der Waals surface area contributed by atoms with Crippen molar-refractivity contribution in [2.75, 3.05) is 26.4 Å². The molecule has 0 aliphatic carbocycles. The number of carbonyl (C=O) groups excluding carboxylic acids is 3. The van der Waals surface area contributed by atoms with Gasteiger partial charge < -0.3 is 14.2 Å². The number of esters is 1. The number of imide groups is 1. The maximum Gasteiger partial charge on any atom is 0.326 e. The molecule has 0 spiro atoms. The van der Waals surface area contributed by atoms with Crippen molar-refractivity contribution in [2.45, 2.75) is 13.8 Å². The van der Waals surface area contributed by atoms with Crippen molar-refractivity contribution >= 4 is 46.6 Å². The van der Waals surface area contributed by atoms with Gasteiger partial charge in [-0.3, -0.25) is 19.3 Å². The van der Waals surface area contributed by atoms with E-state index in [4.69, 9.17) is 25.8 Å². The molecule has 1 saturated heterocycles. The van der Waals surface area contributed by atoms with Crippen molar-refractivity contribution in [1.29, 1.82) is 0 Å². The van der Waals surface area contributed by atoms with Crippen LogP contribution >= 0.6 is 23.4 Å². The van der Waals surface area contributed by atoms with Crippen LogP contribution in [0.25, 0.3) is 6.08 Å². The minimum atomic E-state index is -0.642. The Balaban J connectivity index is 2.29. The van der Waals surface area contributed by atoms with E-state index in [0.717, 1.165) is 16.7 Å². The average Bonchev–Trinajstić information content (AvgIpc) is 2.89. The number of thioether (sulfide) groups is 1. The summed E-state index contributed by atoms with van der Waals surface area (Å²) in [5, 5.41) is -0.240. The minimum absolute atomic E-state index is 0.171. The molecule has 0 N–H and O–H groups in total. The van der Waals surface area contributed by atoms with E-state index in [9.17, 15) is 14.4 Å². The Morgan fingerprint density at radius 3 is 2.64 bits per heavy atom. The van der Waals surface area contributed by atoms with Crippen LogP contribution in [0.4, 0.5) is 4.79 Å². The van der Waals surface area contributed by atoms with Gasteiger partial charge in [0.25, 0.3) is 11.1 Å². The quantitative estimate of drug-likeness (QED) is 0.337. The second-order valence-corrected chi connectivity index (χ2v) is 6.84. The summed E-state index contributed by atoms with van der Waals surface area (Å²) in [5.74, 6) is -0.426. The molecular weight excluding hydrogens is 406 g/mol. The Bertz CT molecular complexity index is 823. The standard InChI is InChI=1S/C19H20ClNO6S/c1-4-7-27-17-13(20)8-12(9-14(17)25-5-2)10-15-18(23)21(19(24)28-15)11-16(22)26-6-3/h4,8-10H,1,5-7,11H2,2-3H3/b15-10-. The third kappa shape index (κ3) is 5.30. The zero-order valence-corrected chi connectivity index (χ0v) is 17.1. The fourth-order valence-electron chi connectivity index (χ4n) is 2.34. The van der Waals surface area contributed by atoms with Gasteiger partial charge in [-0.25, -0.2) is 0 Å². The van der Waals surface area contributed by atoms with Crippen molar-refractivity contribution in [3.63, 3.8) is 0 Å². The number of benzene rings is 1. The SMILES string of the molecule is C=CCOc1c(Cl)cc(/C=C2\SC(=O)N(CC(=O)OCC)C2=O)cc1OCC. The number of rotatable bonds is 9. The van der Waals surface area contributed by atoms with Crippen molar-refractivity contribution in [1.82, 2.24) is 4.90 Å². The van der Waals surface area contributed by atoms with Gasteiger partial charge in [-0.1, -0.05) is 24.3 Å². The monoisotopic (exact) mass is 425 g/mol. The third-order valence-electron chi connectivity index (χ3n) is 3.44. The Kier molecular flexibility index (Phi) is 7.95. The van der Waals surface area contributed by atoms with Crippen LogP contribution in [-0.4, -0.2) is 48.4 Å². The predicted octanol–water partition coefficient (Wildman–Crippen LogP) is 3.90. The first kappa shape index (κ1) is 21.8. The number of halogens is 1. The van der Waals surface area contributed by atoms with Crippen LogP contribution in [0, 0.1) is 0 Å². The van der Waals surface area contributed by atoms with E-state index in [0.29, 0.717) is 28.7 Å². The van der Waals surface area contributed by atoms with Gasteiger partial charge in [0, 0.05) is 0 Å². The summed E-state index contributed by atoms with van der Waals surface area (Å²) in [6.45, 7) is 7.45. The molecular formula is C19H20ClNO6S. The molecule has 0 radical (unpaired) electrons. The lowest BCUT2D eigenvalue weighted by atomic mass is 10.1.